The van der Waals surface area contributed by atoms with Crippen LogP contribution in [0.15, 0.2) is 11.1 Å². The van der Waals surface area contributed by atoms with E-state index < -0.39 is 40.7 Å². The van der Waals surface area contributed by atoms with Gasteiger partial charge in [-0.15, -0.1) is 0 Å². The average Bonchev–Trinajstić information content (AvgIpc) is 2.67. The van der Waals surface area contributed by atoms with E-state index in [1.54, 1.807) is 18.0 Å². The van der Waals surface area contributed by atoms with Gasteiger partial charge in [0.25, 0.3) is 0 Å². The highest BCUT2D eigenvalue weighted by Crippen LogP contribution is 2.34. The zero-order chi connectivity index (χ0) is 20.3. The quantitative estimate of drug-likeness (QED) is 0.253. The number of aryl methyl sites for hydroxylation is 1. The monoisotopic (exact) mass is 384 g/mol. The van der Waals surface area contributed by atoms with Crippen LogP contribution < -0.4 is 4.74 Å². The molecule has 0 fully saturated rings. The lowest BCUT2D eigenvalue weighted by Gasteiger charge is -2.12. The number of halogens is 5. The van der Waals surface area contributed by atoms with Crippen molar-refractivity contribution in [1.82, 2.24) is 9.88 Å². The average molecular weight is 384 g/mol. The highest BCUT2D eigenvalue weighted by molar-refractivity contribution is 5.64. The smallest absolute Gasteiger partial charge is 0.237 e. The summed E-state index contributed by atoms with van der Waals surface area (Å²) in [6.07, 6.45) is 1.48. The second-order valence-corrected chi connectivity index (χ2v) is 5.38. The maximum absolute atomic E-state index is 13.8. The number of aliphatic imine (C=N–C) groups is 1. The Hall–Kier alpha value is -3.22. The molecule has 1 aromatic carbocycles. The van der Waals surface area contributed by atoms with Crippen molar-refractivity contribution in [2.75, 3.05) is 13.6 Å². The van der Waals surface area contributed by atoms with Gasteiger partial charge in [0.15, 0.2) is 0 Å². The molecule has 5 nitrogen and oxygen atoms in total. The van der Waals surface area contributed by atoms with Crippen LogP contribution in [0.25, 0.3) is 0 Å². The number of nitriles is 1. The molecular weight excluding hydrogens is 371 g/mol. The molecule has 0 aliphatic carbocycles. The first-order chi connectivity index (χ1) is 12.7. The van der Waals surface area contributed by atoms with Crippen molar-refractivity contribution in [1.29, 1.82) is 5.26 Å². The van der Waals surface area contributed by atoms with Gasteiger partial charge in [-0.3, -0.25) is 0 Å². The Morgan fingerprint density at radius 3 is 2.22 bits per heavy atom. The minimum Gasteiger partial charge on any atom is -0.431 e. The van der Waals surface area contributed by atoms with Crippen LogP contribution in [0.3, 0.4) is 0 Å². The standard InChI is InChI=1S/C17H13F5N4O/c1-4-26(3)7-24-10-5-9(6-23)17(25-8(10)2)27-16-14(21)12(19)11(18)13(20)15(16)22/h5,7H,4H2,1-3H3/b24-7+. The van der Waals surface area contributed by atoms with Crippen LogP contribution in [0.4, 0.5) is 27.6 Å². The van der Waals surface area contributed by atoms with Gasteiger partial charge in [-0.2, -0.15) is 14.0 Å². The maximum atomic E-state index is 13.8. The zero-order valence-corrected chi connectivity index (χ0v) is 14.4. The molecule has 2 rings (SSSR count). The van der Waals surface area contributed by atoms with Gasteiger partial charge in [-0.05, 0) is 19.9 Å². The number of pyridine rings is 1. The first kappa shape index (κ1) is 20.1. The Labute approximate surface area is 151 Å². The Morgan fingerprint density at radius 2 is 1.70 bits per heavy atom. The van der Waals surface area contributed by atoms with E-state index in [0.717, 1.165) is 0 Å². The summed E-state index contributed by atoms with van der Waals surface area (Å²) in [6, 6.07) is 2.91. The summed E-state index contributed by atoms with van der Waals surface area (Å²) in [5.74, 6) is -13.1. The van der Waals surface area contributed by atoms with Gasteiger partial charge in [-0.1, -0.05) is 0 Å². The summed E-state index contributed by atoms with van der Waals surface area (Å²) < 4.78 is 72.0. The lowest BCUT2D eigenvalue weighted by molar-refractivity contribution is 0.327. The van der Waals surface area contributed by atoms with Crippen molar-refractivity contribution in [2.24, 2.45) is 4.99 Å². The Kier molecular flexibility index (Phi) is 5.95. The summed E-state index contributed by atoms with van der Waals surface area (Å²) >= 11 is 0. The summed E-state index contributed by atoms with van der Waals surface area (Å²) in [5.41, 5.74) is 0.195. The summed E-state index contributed by atoms with van der Waals surface area (Å²) in [4.78, 5) is 9.72. The summed E-state index contributed by atoms with van der Waals surface area (Å²) in [7, 11) is 1.76. The van der Waals surface area contributed by atoms with Gasteiger partial charge < -0.3 is 9.64 Å². The van der Waals surface area contributed by atoms with Crippen molar-refractivity contribution in [3.05, 3.63) is 46.4 Å². The number of hydrogen-bond acceptors (Lipinski definition) is 4. The largest absolute Gasteiger partial charge is 0.431 e. The molecule has 142 valence electrons. The fourth-order valence-corrected chi connectivity index (χ4v) is 1.87. The van der Waals surface area contributed by atoms with Gasteiger partial charge in [0.2, 0.25) is 40.7 Å². The van der Waals surface area contributed by atoms with Gasteiger partial charge in [0.1, 0.15) is 11.6 Å². The second-order valence-electron chi connectivity index (χ2n) is 5.38. The van der Waals surface area contributed by atoms with E-state index in [2.05, 4.69) is 9.98 Å². The predicted molar refractivity (Wildman–Crippen MR) is 86.5 cm³/mol. The second kappa shape index (κ2) is 7.99. The van der Waals surface area contributed by atoms with Crippen LogP contribution >= 0.6 is 0 Å². The van der Waals surface area contributed by atoms with E-state index in [0.29, 0.717) is 6.54 Å². The molecule has 2 aromatic rings. The molecule has 0 aliphatic heterocycles. The van der Waals surface area contributed by atoms with Crippen LogP contribution in [0, 0.1) is 47.3 Å². The van der Waals surface area contributed by atoms with Gasteiger partial charge in [-0.25, -0.2) is 23.1 Å². The molecule has 1 heterocycles. The summed E-state index contributed by atoms with van der Waals surface area (Å²) in [5, 5.41) is 9.20. The number of aromatic nitrogens is 1. The Balaban J connectivity index is 2.52. The number of benzene rings is 1. The molecule has 0 amide bonds. The number of nitrogens with zero attached hydrogens (tertiary/aromatic N) is 4. The SMILES string of the molecule is CCN(C)/C=N/c1cc(C#N)c(Oc2c(F)c(F)c(F)c(F)c2F)nc1C. The molecule has 0 radical (unpaired) electrons. The van der Waals surface area contributed by atoms with Gasteiger partial charge >= 0.3 is 0 Å². The molecule has 10 heteroatoms. The van der Waals surface area contributed by atoms with Crippen LogP contribution in [0.2, 0.25) is 0 Å². The predicted octanol–water partition coefficient (Wildman–Crippen LogP) is 4.36. The van der Waals surface area contributed by atoms with E-state index >= 15 is 0 Å². The molecule has 0 saturated heterocycles. The molecule has 0 bridgehead atoms. The fourth-order valence-electron chi connectivity index (χ4n) is 1.87. The normalized spacial score (nSPS) is 10.9. The Bertz CT molecular complexity index is 927. The molecule has 27 heavy (non-hydrogen) atoms. The lowest BCUT2D eigenvalue weighted by Crippen LogP contribution is -2.14. The van der Waals surface area contributed by atoms with Crippen LogP contribution in [0.1, 0.15) is 18.2 Å². The lowest BCUT2D eigenvalue weighted by atomic mass is 10.2. The third-order valence-electron chi connectivity index (χ3n) is 3.53. The van der Waals surface area contributed by atoms with Crippen molar-refractivity contribution < 1.29 is 26.7 Å². The zero-order valence-electron chi connectivity index (χ0n) is 14.4. The third kappa shape index (κ3) is 3.97. The molecule has 0 unspecified atom stereocenters. The van der Waals surface area contributed by atoms with Crippen molar-refractivity contribution in [3.63, 3.8) is 0 Å². The highest BCUT2D eigenvalue weighted by Gasteiger charge is 2.28. The van der Waals surface area contributed by atoms with Crippen molar-refractivity contribution in [3.8, 4) is 17.7 Å². The van der Waals surface area contributed by atoms with Crippen LogP contribution in [-0.4, -0.2) is 29.8 Å². The van der Waals surface area contributed by atoms with E-state index in [1.165, 1.54) is 19.3 Å². The van der Waals surface area contributed by atoms with Crippen molar-refractivity contribution in [2.45, 2.75) is 13.8 Å². The highest BCUT2D eigenvalue weighted by atomic mass is 19.2. The molecule has 0 N–H and O–H groups in total. The molecule has 0 saturated carbocycles. The first-order valence-electron chi connectivity index (χ1n) is 7.56. The topological polar surface area (TPSA) is 61.5 Å². The fraction of sp³-hybridized carbons (Fsp3) is 0.235. The molecule has 1 aromatic heterocycles. The van der Waals surface area contributed by atoms with E-state index in [1.807, 2.05) is 6.92 Å². The minimum absolute atomic E-state index is 0.216. The minimum atomic E-state index is -2.31. The van der Waals surface area contributed by atoms with Gasteiger partial charge in [0, 0.05) is 13.6 Å². The summed E-state index contributed by atoms with van der Waals surface area (Å²) in [6.45, 7) is 4.03. The van der Waals surface area contributed by atoms with Crippen LogP contribution in [0.5, 0.6) is 11.6 Å². The van der Waals surface area contributed by atoms with E-state index in [-0.39, 0.29) is 16.9 Å². The van der Waals surface area contributed by atoms with Crippen molar-refractivity contribution >= 4 is 12.0 Å². The Morgan fingerprint density at radius 1 is 1.15 bits per heavy atom. The first-order valence-corrected chi connectivity index (χ1v) is 7.56. The molecular formula is C17H13F5N4O. The third-order valence-corrected chi connectivity index (χ3v) is 3.53. The van der Waals surface area contributed by atoms with Crippen LogP contribution in [-0.2, 0) is 0 Å². The maximum Gasteiger partial charge on any atom is 0.237 e. The number of rotatable bonds is 5. The molecule has 0 aliphatic rings. The van der Waals surface area contributed by atoms with E-state index in [4.69, 9.17) is 4.74 Å². The van der Waals surface area contributed by atoms with E-state index in [9.17, 15) is 27.2 Å². The molecule has 0 atom stereocenters. The molecule has 0 spiro atoms. The number of hydrogen-bond donors (Lipinski definition) is 0. The number of ether oxygens (including phenoxy) is 1. The van der Waals surface area contributed by atoms with Gasteiger partial charge in [0.05, 0.1) is 17.7 Å².